The van der Waals surface area contributed by atoms with Gasteiger partial charge in [-0.3, -0.25) is 13.8 Å². The van der Waals surface area contributed by atoms with Crippen molar-refractivity contribution in [3.63, 3.8) is 0 Å². The Bertz CT molecular complexity index is 1550. The molecule has 0 aliphatic carbocycles. The Morgan fingerprint density at radius 2 is 0.836 bits per heavy atom. The number of likely N-dealkylation sites (N-methyl/N-ethyl adjacent to an activating group) is 1. The first-order valence-electron chi connectivity index (χ1n) is 29.8. The number of carbonyl (C=O) groups excluding carboxylic acids is 1. The van der Waals surface area contributed by atoms with E-state index in [2.05, 4.69) is 116 Å². The lowest BCUT2D eigenvalue weighted by atomic mass is 10.0. The molecule has 420 valence electrons. The number of aliphatic hydroxyl groups is 1. The van der Waals surface area contributed by atoms with E-state index in [-0.39, 0.29) is 19.1 Å². The summed E-state index contributed by atoms with van der Waals surface area (Å²) in [6.07, 6.45) is 79.1. The second kappa shape index (κ2) is 54.0. The molecule has 0 aliphatic rings. The topological polar surface area (TPSA) is 105 Å². The van der Waals surface area contributed by atoms with Crippen LogP contribution < -0.4 is 5.32 Å². The van der Waals surface area contributed by atoms with Gasteiger partial charge in [0.25, 0.3) is 0 Å². The lowest BCUT2D eigenvalue weighted by Gasteiger charge is -2.25. The zero-order chi connectivity index (χ0) is 53.5. The van der Waals surface area contributed by atoms with E-state index in [1.165, 1.54) is 128 Å². The highest BCUT2D eigenvalue weighted by atomic mass is 31.2. The highest BCUT2D eigenvalue weighted by molar-refractivity contribution is 7.47. The van der Waals surface area contributed by atoms with Crippen LogP contribution in [0.25, 0.3) is 0 Å². The number of nitrogens with one attached hydrogen (secondary N) is 1. The highest BCUT2D eigenvalue weighted by Crippen LogP contribution is 2.43. The van der Waals surface area contributed by atoms with Crippen molar-refractivity contribution >= 4 is 13.7 Å². The maximum absolute atomic E-state index is 13.0. The molecule has 1 amide bonds. The van der Waals surface area contributed by atoms with Gasteiger partial charge < -0.3 is 19.8 Å². The summed E-state index contributed by atoms with van der Waals surface area (Å²) >= 11 is 0. The average Bonchev–Trinajstić information content (AvgIpc) is 3.35. The summed E-state index contributed by atoms with van der Waals surface area (Å²) in [4.78, 5) is 23.3. The summed E-state index contributed by atoms with van der Waals surface area (Å²) in [7, 11) is 1.54. The van der Waals surface area contributed by atoms with Gasteiger partial charge in [0, 0.05) is 6.42 Å². The monoisotopic (exact) mass is 1040 g/mol. The third-order valence-corrected chi connectivity index (χ3v) is 13.7. The number of phosphoric ester groups is 1. The Morgan fingerprint density at radius 1 is 0.479 bits per heavy atom. The SMILES string of the molecule is CC/C=C\C/C=C\C/C=C\C/C=C\C/C=C\C/C=C\C/C=C\CCCCCCCCCCCC(=O)NC(COP(=O)(O)OCC[N+](C)(C)C)C(O)/C=C/CC/C=C/CCCCCCCCCCCCCCCC. The van der Waals surface area contributed by atoms with Crippen LogP contribution in [0.4, 0.5) is 0 Å². The molecule has 0 aromatic rings. The first-order chi connectivity index (χ1) is 35.5. The van der Waals surface area contributed by atoms with Gasteiger partial charge in [-0.2, -0.15) is 0 Å². The van der Waals surface area contributed by atoms with Crippen LogP contribution >= 0.6 is 7.82 Å². The maximum Gasteiger partial charge on any atom is 0.472 e. The van der Waals surface area contributed by atoms with Crippen molar-refractivity contribution in [2.24, 2.45) is 0 Å². The largest absolute Gasteiger partial charge is 0.472 e. The number of hydrogen-bond donors (Lipinski definition) is 3. The molecule has 0 bridgehead atoms. The van der Waals surface area contributed by atoms with Gasteiger partial charge >= 0.3 is 7.82 Å². The number of amides is 1. The number of nitrogens with zero attached hydrogens (tertiary/aromatic N) is 1. The van der Waals surface area contributed by atoms with Gasteiger partial charge in [-0.05, 0) is 89.9 Å². The number of hydrogen-bond acceptors (Lipinski definition) is 5. The summed E-state index contributed by atoms with van der Waals surface area (Å²) in [5.74, 6) is -0.197. The summed E-state index contributed by atoms with van der Waals surface area (Å²) in [5.41, 5.74) is 0. The molecular formula is C64H114N2O6P+. The molecular weight excluding hydrogens is 924 g/mol. The zero-order valence-corrected chi connectivity index (χ0v) is 48.7. The number of rotatable bonds is 53. The fourth-order valence-corrected chi connectivity index (χ4v) is 8.83. The summed E-state index contributed by atoms with van der Waals surface area (Å²) in [6.45, 7) is 4.68. The van der Waals surface area contributed by atoms with E-state index in [9.17, 15) is 19.4 Å². The Labute approximate surface area is 451 Å². The van der Waals surface area contributed by atoms with Crippen LogP contribution in [0.1, 0.15) is 239 Å². The van der Waals surface area contributed by atoms with Gasteiger partial charge in [-0.1, -0.05) is 252 Å². The lowest BCUT2D eigenvalue weighted by molar-refractivity contribution is -0.870. The van der Waals surface area contributed by atoms with Crippen molar-refractivity contribution in [1.82, 2.24) is 5.32 Å². The predicted octanol–water partition coefficient (Wildman–Crippen LogP) is 18.4. The van der Waals surface area contributed by atoms with Crippen LogP contribution in [0, 0.1) is 0 Å². The molecule has 3 unspecified atom stereocenters. The Hall–Kier alpha value is -2.84. The second-order valence-corrected chi connectivity index (χ2v) is 22.4. The normalized spacial score (nSPS) is 14.7. The molecule has 3 atom stereocenters. The molecule has 0 spiro atoms. The predicted molar refractivity (Wildman–Crippen MR) is 318 cm³/mol. The van der Waals surface area contributed by atoms with Gasteiger partial charge in [-0.25, -0.2) is 4.57 Å². The third kappa shape index (κ3) is 56.7. The first-order valence-corrected chi connectivity index (χ1v) is 31.3. The van der Waals surface area contributed by atoms with Gasteiger partial charge in [0.15, 0.2) is 0 Å². The standard InChI is InChI=1S/C64H113N2O6P/c1-6-8-10-12-14-16-18-20-22-24-26-28-29-30-31-32-33-34-35-36-37-38-40-42-44-46-48-50-52-54-56-58-64(68)65-62(61-72-73(69,70)71-60-59-66(3,4)5)63(67)57-55-53-51-49-47-45-43-41-39-27-25-23-21-19-17-15-13-11-9-7-2/h8,10,14,16,20,22,26,28,30-31,33-34,36-37,47,49,55,57,62-63,67H,6-7,9,11-13,15,17-19,21,23-25,27,29,32,35,38-46,48,50-54,56,58-61H2,1-5H3,(H-,65,68,69,70)/p+1/b10-8-,16-14-,22-20-,28-26-,31-30-,34-33-,37-36-,49-47+,57-55+. The van der Waals surface area contributed by atoms with Crippen LogP contribution in [0.2, 0.25) is 0 Å². The number of allylic oxidation sites excluding steroid dienone is 17. The Balaban J connectivity index is 4.26. The molecule has 0 rings (SSSR count). The van der Waals surface area contributed by atoms with Crippen molar-refractivity contribution in [2.75, 3.05) is 40.9 Å². The number of quaternary nitrogens is 1. The van der Waals surface area contributed by atoms with E-state index in [0.717, 1.165) is 89.9 Å². The minimum atomic E-state index is -4.37. The molecule has 0 fully saturated rings. The molecule has 3 N–H and O–H groups in total. The second-order valence-electron chi connectivity index (χ2n) is 21.0. The lowest BCUT2D eigenvalue weighted by Crippen LogP contribution is -2.45. The van der Waals surface area contributed by atoms with Crippen molar-refractivity contribution in [3.05, 3.63) is 109 Å². The quantitative estimate of drug-likeness (QED) is 0.0243. The fourth-order valence-electron chi connectivity index (χ4n) is 8.10. The minimum Gasteiger partial charge on any atom is -0.387 e. The number of unbranched alkanes of at least 4 members (excludes halogenated alkanes) is 24. The average molecular weight is 1040 g/mol. The highest BCUT2D eigenvalue weighted by Gasteiger charge is 2.27. The third-order valence-electron chi connectivity index (χ3n) is 12.7. The van der Waals surface area contributed by atoms with E-state index < -0.39 is 20.0 Å². The van der Waals surface area contributed by atoms with Gasteiger partial charge in [0.2, 0.25) is 5.91 Å². The van der Waals surface area contributed by atoms with E-state index in [0.29, 0.717) is 17.4 Å². The fraction of sp³-hybridized carbons (Fsp3) is 0.703. The molecule has 0 aromatic carbocycles. The number of carbonyl (C=O) groups is 1. The van der Waals surface area contributed by atoms with Crippen LogP contribution in [-0.4, -0.2) is 73.4 Å². The van der Waals surface area contributed by atoms with Gasteiger partial charge in [0.1, 0.15) is 13.2 Å². The van der Waals surface area contributed by atoms with Gasteiger partial charge in [0.05, 0.1) is 39.9 Å². The molecule has 73 heavy (non-hydrogen) atoms. The number of aliphatic hydroxyl groups excluding tert-OH is 1. The molecule has 0 aromatic heterocycles. The molecule has 0 aliphatic heterocycles. The first kappa shape index (κ1) is 70.2. The van der Waals surface area contributed by atoms with Crippen molar-refractivity contribution in [1.29, 1.82) is 0 Å². The molecule has 8 nitrogen and oxygen atoms in total. The minimum absolute atomic E-state index is 0.0497. The molecule has 0 saturated heterocycles. The van der Waals surface area contributed by atoms with Crippen molar-refractivity contribution < 1.29 is 32.9 Å². The van der Waals surface area contributed by atoms with Crippen LogP contribution in [0.3, 0.4) is 0 Å². The van der Waals surface area contributed by atoms with E-state index in [4.69, 9.17) is 9.05 Å². The molecule has 0 saturated carbocycles. The van der Waals surface area contributed by atoms with Crippen LogP contribution in [-0.2, 0) is 18.4 Å². The van der Waals surface area contributed by atoms with E-state index >= 15 is 0 Å². The summed E-state index contributed by atoms with van der Waals surface area (Å²) in [6, 6.07) is -0.875. The number of phosphoric acid groups is 1. The van der Waals surface area contributed by atoms with E-state index in [1.807, 2.05) is 27.2 Å². The summed E-state index contributed by atoms with van der Waals surface area (Å²) in [5, 5.41) is 13.9. The Kier molecular flexibility index (Phi) is 51.9. The van der Waals surface area contributed by atoms with Gasteiger partial charge in [-0.15, -0.1) is 0 Å². The van der Waals surface area contributed by atoms with Crippen molar-refractivity contribution in [2.45, 2.75) is 251 Å². The summed E-state index contributed by atoms with van der Waals surface area (Å²) < 4.78 is 23.7. The Morgan fingerprint density at radius 3 is 1.26 bits per heavy atom. The smallest absolute Gasteiger partial charge is 0.387 e. The molecule has 0 heterocycles. The van der Waals surface area contributed by atoms with Crippen LogP contribution in [0.5, 0.6) is 0 Å². The zero-order valence-electron chi connectivity index (χ0n) is 47.8. The van der Waals surface area contributed by atoms with Crippen molar-refractivity contribution in [3.8, 4) is 0 Å². The maximum atomic E-state index is 13.0. The van der Waals surface area contributed by atoms with E-state index in [1.54, 1.807) is 6.08 Å². The molecule has 0 radical (unpaired) electrons. The van der Waals surface area contributed by atoms with Crippen LogP contribution in [0.15, 0.2) is 109 Å². The molecule has 9 heteroatoms.